The second kappa shape index (κ2) is 12.0. The van der Waals surface area contributed by atoms with Crippen molar-refractivity contribution in [2.75, 3.05) is 0 Å². The van der Waals surface area contributed by atoms with Gasteiger partial charge in [-0.1, -0.05) is 164 Å². The molecule has 2 aliphatic carbocycles. The van der Waals surface area contributed by atoms with E-state index in [2.05, 4.69) is 176 Å². The molecule has 8 aromatic carbocycles. The molecule has 0 radical (unpaired) electrons. The van der Waals surface area contributed by atoms with Crippen molar-refractivity contribution in [2.45, 2.75) is 5.41 Å². The summed E-state index contributed by atoms with van der Waals surface area (Å²) in [6, 6.07) is 70.6. The average molecular weight is 729 g/mol. The molecule has 2 nitrogen and oxygen atoms in total. The van der Waals surface area contributed by atoms with Crippen LogP contribution in [0, 0.1) is 0 Å². The molecule has 56 heavy (non-hydrogen) atoms. The first kappa shape index (κ1) is 31.4. The Morgan fingerprint density at radius 2 is 0.982 bits per heavy atom. The Morgan fingerprint density at radius 3 is 1.84 bits per heavy atom. The van der Waals surface area contributed by atoms with E-state index in [0.717, 1.165) is 33.6 Å². The van der Waals surface area contributed by atoms with Crippen molar-refractivity contribution >= 4 is 32.2 Å². The third-order valence-corrected chi connectivity index (χ3v) is 13.1. The molecule has 0 saturated carbocycles. The minimum Gasteiger partial charge on any atom is -0.228 e. The summed E-state index contributed by atoms with van der Waals surface area (Å²) in [4.78, 5) is 11.7. The SMILES string of the molecule is c1ccc(-c2nc(-c3cccc(-c4ccc5c(c4)-c4ccccc4C54c5ccccc5-c5sc6ccccc6c54)c3)cc(-c3ccc4ccccc4c3)n2)cc1. The summed E-state index contributed by atoms with van der Waals surface area (Å²) >= 11 is 1.93. The molecule has 1 spiro atoms. The van der Waals surface area contributed by atoms with E-state index in [4.69, 9.17) is 9.97 Å². The van der Waals surface area contributed by atoms with Gasteiger partial charge in [-0.3, -0.25) is 0 Å². The Kier molecular flexibility index (Phi) is 6.75. The first-order valence-corrected chi connectivity index (χ1v) is 20.0. The van der Waals surface area contributed by atoms with E-state index < -0.39 is 0 Å². The van der Waals surface area contributed by atoms with E-state index >= 15 is 0 Å². The summed E-state index contributed by atoms with van der Waals surface area (Å²) in [6.07, 6.45) is 0. The van der Waals surface area contributed by atoms with Gasteiger partial charge in [0.2, 0.25) is 0 Å². The Hall–Kier alpha value is -6.94. The van der Waals surface area contributed by atoms with Crippen molar-refractivity contribution in [2.24, 2.45) is 0 Å². The van der Waals surface area contributed by atoms with Crippen LogP contribution in [-0.4, -0.2) is 9.97 Å². The van der Waals surface area contributed by atoms with Crippen LogP contribution in [0.3, 0.4) is 0 Å². The molecule has 0 amide bonds. The monoisotopic (exact) mass is 728 g/mol. The van der Waals surface area contributed by atoms with Crippen LogP contribution in [0.15, 0.2) is 194 Å². The number of rotatable bonds is 4. The van der Waals surface area contributed by atoms with Crippen LogP contribution >= 0.6 is 11.3 Å². The molecule has 3 heteroatoms. The van der Waals surface area contributed by atoms with E-state index in [1.54, 1.807) is 0 Å². The normalized spacial score (nSPS) is 14.9. The van der Waals surface area contributed by atoms with Crippen LogP contribution in [-0.2, 0) is 5.41 Å². The van der Waals surface area contributed by atoms with Gasteiger partial charge in [0.25, 0.3) is 0 Å². The van der Waals surface area contributed by atoms with Gasteiger partial charge in [0.15, 0.2) is 5.82 Å². The van der Waals surface area contributed by atoms with Gasteiger partial charge >= 0.3 is 0 Å². The highest BCUT2D eigenvalue weighted by Gasteiger charge is 2.53. The molecule has 0 saturated heterocycles. The van der Waals surface area contributed by atoms with Gasteiger partial charge in [-0.2, -0.15) is 0 Å². The van der Waals surface area contributed by atoms with Crippen LogP contribution < -0.4 is 0 Å². The van der Waals surface area contributed by atoms with Gasteiger partial charge in [-0.05, 0) is 96.6 Å². The molecule has 0 bridgehead atoms. The van der Waals surface area contributed by atoms with Crippen LogP contribution in [0.25, 0.3) is 87.5 Å². The largest absolute Gasteiger partial charge is 0.228 e. The van der Waals surface area contributed by atoms with Crippen LogP contribution in [0.1, 0.15) is 22.3 Å². The summed E-state index contributed by atoms with van der Waals surface area (Å²) in [5, 5.41) is 3.76. The third-order valence-electron chi connectivity index (χ3n) is 11.9. The average Bonchev–Trinajstić information content (AvgIpc) is 3.90. The van der Waals surface area contributed by atoms with Crippen molar-refractivity contribution in [3.05, 3.63) is 216 Å². The fourth-order valence-electron chi connectivity index (χ4n) is 9.44. The van der Waals surface area contributed by atoms with Crippen LogP contribution in [0.2, 0.25) is 0 Å². The summed E-state index contributed by atoms with van der Waals surface area (Å²) in [7, 11) is 0. The highest BCUT2D eigenvalue weighted by atomic mass is 32.1. The van der Waals surface area contributed by atoms with Gasteiger partial charge < -0.3 is 0 Å². The molecule has 260 valence electrons. The quantitative estimate of drug-likeness (QED) is 0.180. The number of hydrogen-bond donors (Lipinski definition) is 0. The summed E-state index contributed by atoms with van der Waals surface area (Å²) < 4.78 is 1.34. The molecule has 12 rings (SSSR count). The smallest absolute Gasteiger partial charge is 0.160 e. The lowest BCUT2D eigenvalue weighted by Gasteiger charge is -2.30. The number of fused-ring (bicyclic) bond motifs is 13. The van der Waals surface area contributed by atoms with E-state index in [1.165, 1.54) is 70.2 Å². The van der Waals surface area contributed by atoms with Crippen molar-refractivity contribution in [3.63, 3.8) is 0 Å². The Labute approximate surface area is 329 Å². The van der Waals surface area contributed by atoms with Crippen LogP contribution in [0.5, 0.6) is 0 Å². The molecule has 0 aliphatic heterocycles. The first-order chi connectivity index (χ1) is 27.7. The zero-order chi connectivity index (χ0) is 36.8. The van der Waals surface area contributed by atoms with E-state index in [0.29, 0.717) is 5.82 Å². The maximum absolute atomic E-state index is 5.18. The Bertz CT molecular complexity index is 3210. The number of aromatic nitrogens is 2. The lowest BCUT2D eigenvalue weighted by Crippen LogP contribution is -2.25. The van der Waals surface area contributed by atoms with E-state index in [-0.39, 0.29) is 5.41 Å². The third kappa shape index (κ3) is 4.49. The van der Waals surface area contributed by atoms with Crippen molar-refractivity contribution in [1.29, 1.82) is 0 Å². The topological polar surface area (TPSA) is 25.8 Å². The second-order valence-electron chi connectivity index (χ2n) is 14.9. The van der Waals surface area contributed by atoms with E-state index in [9.17, 15) is 0 Å². The lowest BCUT2D eigenvalue weighted by molar-refractivity contribution is 0.803. The highest BCUT2D eigenvalue weighted by Crippen LogP contribution is 2.66. The fraction of sp³-hybridized carbons (Fsp3) is 0.0189. The zero-order valence-electron chi connectivity index (χ0n) is 30.3. The van der Waals surface area contributed by atoms with Crippen molar-refractivity contribution in [1.82, 2.24) is 9.97 Å². The van der Waals surface area contributed by atoms with Gasteiger partial charge in [0.1, 0.15) is 0 Å². The molecule has 2 heterocycles. The summed E-state index contributed by atoms with van der Waals surface area (Å²) in [5.41, 5.74) is 16.4. The molecule has 10 aromatic rings. The maximum atomic E-state index is 5.18. The minimum absolute atomic E-state index is 0.369. The predicted octanol–water partition coefficient (Wildman–Crippen LogP) is 13.9. The molecule has 1 atom stereocenters. The van der Waals surface area contributed by atoms with Gasteiger partial charge in [-0.25, -0.2) is 9.97 Å². The van der Waals surface area contributed by atoms with Crippen molar-refractivity contribution < 1.29 is 0 Å². The van der Waals surface area contributed by atoms with Gasteiger partial charge in [-0.15, -0.1) is 11.3 Å². The maximum Gasteiger partial charge on any atom is 0.160 e. The highest BCUT2D eigenvalue weighted by molar-refractivity contribution is 7.22. The standard InChI is InChI=1S/C53H32N2S/c1-2-14-34(15-3-1)52-54-47(32-48(55-52)39-26-25-33-13-4-5-16-35(33)29-39)38-18-12-17-36(30-38)37-27-28-46-43(31-37)40-19-6-9-22-44(40)53(46)45-23-10-7-20-41(45)51-50(53)42-21-8-11-24-49(42)56-51/h1-32H. The molecule has 2 aliphatic rings. The fourth-order valence-corrected chi connectivity index (χ4v) is 10.7. The predicted molar refractivity (Wildman–Crippen MR) is 233 cm³/mol. The lowest BCUT2D eigenvalue weighted by atomic mass is 9.70. The number of thiophene rings is 1. The molecule has 0 N–H and O–H groups in total. The van der Waals surface area contributed by atoms with Crippen molar-refractivity contribution in [3.8, 4) is 66.6 Å². The molecule has 2 aromatic heterocycles. The summed E-state index contributed by atoms with van der Waals surface area (Å²) in [5.74, 6) is 0.716. The molecule has 1 unspecified atom stereocenters. The van der Waals surface area contributed by atoms with Gasteiger partial charge in [0.05, 0.1) is 16.8 Å². The molecular weight excluding hydrogens is 697 g/mol. The zero-order valence-corrected chi connectivity index (χ0v) is 31.1. The minimum atomic E-state index is -0.369. The number of hydrogen-bond acceptors (Lipinski definition) is 3. The van der Waals surface area contributed by atoms with E-state index in [1.807, 2.05) is 29.5 Å². The van der Waals surface area contributed by atoms with Gasteiger partial charge in [0, 0.05) is 26.3 Å². The Morgan fingerprint density at radius 1 is 0.375 bits per heavy atom. The van der Waals surface area contributed by atoms with Crippen LogP contribution in [0.4, 0.5) is 0 Å². The second-order valence-corrected chi connectivity index (χ2v) is 15.9. The number of nitrogens with zero attached hydrogens (tertiary/aromatic N) is 2. The first-order valence-electron chi connectivity index (χ1n) is 19.1. The molecular formula is C53H32N2S. The Balaban J connectivity index is 1.02. The summed E-state index contributed by atoms with van der Waals surface area (Å²) in [6.45, 7) is 0. The molecule has 0 fully saturated rings. The number of benzene rings is 8.